The van der Waals surface area contributed by atoms with Crippen molar-refractivity contribution in [3.05, 3.63) is 30.3 Å². The van der Waals surface area contributed by atoms with Crippen LogP contribution in [0.4, 0.5) is 5.69 Å². The molecule has 0 fully saturated rings. The van der Waals surface area contributed by atoms with E-state index in [0.717, 1.165) is 31.6 Å². The molecule has 0 atom stereocenters. The number of nitrogens with zero attached hydrogens (tertiary/aromatic N) is 2. The second-order valence-corrected chi connectivity index (χ2v) is 5.15. The van der Waals surface area contributed by atoms with Gasteiger partial charge < -0.3 is 10.0 Å². The summed E-state index contributed by atoms with van der Waals surface area (Å²) in [5.74, 6) is 0. The Morgan fingerprint density at radius 2 is 1.89 bits per heavy atom. The van der Waals surface area contributed by atoms with Gasteiger partial charge in [0, 0.05) is 25.4 Å². The topological polar surface area (TPSA) is 47.3 Å². The molecular weight excluding hydrogens is 224 g/mol. The van der Waals surface area contributed by atoms with Crippen molar-refractivity contribution < 1.29 is 5.11 Å². The van der Waals surface area contributed by atoms with Crippen LogP contribution in [0.3, 0.4) is 0 Å². The first-order valence-corrected chi connectivity index (χ1v) is 6.41. The summed E-state index contributed by atoms with van der Waals surface area (Å²) < 4.78 is 0. The maximum atomic E-state index is 9.05. The largest absolute Gasteiger partial charge is 0.396 e. The highest BCUT2D eigenvalue weighted by Crippen LogP contribution is 2.22. The highest BCUT2D eigenvalue weighted by Gasteiger charge is 2.18. The van der Waals surface area contributed by atoms with Crippen LogP contribution in [0.15, 0.2) is 30.3 Å². The quantitative estimate of drug-likeness (QED) is 0.804. The molecule has 0 bridgehead atoms. The van der Waals surface area contributed by atoms with Crippen molar-refractivity contribution in [2.45, 2.75) is 26.7 Å². The molecule has 18 heavy (non-hydrogen) atoms. The van der Waals surface area contributed by atoms with Crippen molar-refractivity contribution in [1.82, 2.24) is 0 Å². The van der Waals surface area contributed by atoms with Crippen molar-refractivity contribution in [3.63, 3.8) is 0 Å². The van der Waals surface area contributed by atoms with Gasteiger partial charge in [0.25, 0.3) is 0 Å². The number of benzene rings is 1. The Balaban J connectivity index is 2.65. The standard InChI is InChI=1S/C15H22N2O/c1-15(2,13-16)9-11-17(10-6-12-18)14-7-4-3-5-8-14/h3-5,7-8,18H,6,9-12H2,1-2H3. The molecule has 0 aliphatic heterocycles. The third kappa shape index (κ3) is 4.77. The van der Waals surface area contributed by atoms with Crippen LogP contribution in [-0.4, -0.2) is 24.8 Å². The van der Waals surface area contributed by atoms with E-state index in [2.05, 4.69) is 23.1 Å². The molecule has 1 aromatic carbocycles. The summed E-state index contributed by atoms with van der Waals surface area (Å²) >= 11 is 0. The van der Waals surface area contributed by atoms with Crippen LogP contribution in [0.25, 0.3) is 0 Å². The average molecular weight is 246 g/mol. The van der Waals surface area contributed by atoms with Crippen molar-refractivity contribution in [1.29, 1.82) is 5.26 Å². The van der Waals surface area contributed by atoms with Crippen LogP contribution >= 0.6 is 0 Å². The Morgan fingerprint density at radius 3 is 2.44 bits per heavy atom. The molecule has 0 saturated heterocycles. The van der Waals surface area contributed by atoms with Gasteiger partial charge in [-0.25, -0.2) is 0 Å². The first-order chi connectivity index (χ1) is 8.59. The van der Waals surface area contributed by atoms with E-state index in [-0.39, 0.29) is 12.0 Å². The number of hydrogen-bond donors (Lipinski definition) is 1. The van der Waals surface area contributed by atoms with E-state index in [0.29, 0.717) is 0 Å². The number of anilines is 1. The first kappa shape index (κ1) is 14.5. The second kappa shape index (κ2) is 7.03. The van der Waals surface area contributed by atoms with Crippen molar-refractivity contribution in [3.8, 4) is 6.07 Å². The summed E-state index contributed by atoms with van der Waals surface area (Å²) in [5.41, 5.74) is 0.853. The van der Waals surface area contributed by atoms with E-state index >= 15 is 0 Å². The number of rotatable bonds is 7. The summed E-state index contributed by atoms with van der Waals surface area (Å²) in [6.45, 7) is 5.78. The summed E-state index contributed by atoms with van der Waals surface area (Å²) in [4.78, 5) is 2.23. The van der Waals surface area contributed by atoms with Crippen molar-refractivity contribution in [2.75, 3.05) is 24.6 Å². The van der Waals surface area contributed by atoms with E-state index in [1.165, 1.54) is 0 Å². The minimum atomic E-state index is -0.299. The lowest BCUT2D eigenvalue weighted by molar-refractivity contribution is 0.289. The monoisotopic (exact) mass is 246 g/mol. The highest BCUT2D eigenvalue weighted by molar-refractivity contribution is 5.45. The maximum absolute atomic E-state index is 9.05. The molecule has 0 aliphatic rings. The van der Waals surface area contributed by atoms with Gasteiger partial charge in [-0.15, -0.1) is 0 Å². The zero-order chi connectivity index (χ0) is 13.4. The molecule has 0 amide bonds. The lowest BCUT2D eigenvalue weighted by atomic mass is 9.91. The Kier molecular flexibility index (Phi) is 5.67. The number of nitriles is 1. The van der Waals surface area contributed by atoms with Crippen molar-refractivity contribution >= 4 is 5.69 Å². The van der Waals surface area contributed by atoms with Gasteiger partial charge in [0.2, 0.25) is 0 Å². The molecule has 0 heterocycles. The molecular formula is C15H22N2O. The summed E-state index contributed by atoms with van der Waals surface area (Å²) in [5, 5.41) is 18.0. The highest BCUT2D eigenvalue weighted by atomic mass is 16.3. The maximum Gasteiger partial charge on any atom is 0.0684 e. The molecule has 0 saturated carbocycles. The Labute approximate surface area is 110 Å². The second-order valence-electron chi connectivity index (χ2n) is 5.15. The first-order valence-electron chi connectivity index (χ1n) is 6.41. The van der Waals surface area contributed by atoms with Crippen LogP contribution in [0.5, 0.6) is 0 Å². The zero-order valence-electron chi connectivity index (χ0n) is 11.3. The predicted octanol–water partition coefficient (Wildman–Crippen LogP) is 2.82. The van der Waals surface area contributed by atoms with Crippen LogP contribution in [0.2, 0.25) is 0 Å². The molecule has 0 unspecified atom stereocenters. The lowest BCUT2D eigenvalue weighted by Crippen LogP contribution is -2.29. The minimum Gasteiger partial charge on any atom is -0.396 e. The van der Waals surface area contributed by atoms with E-state index in [1.807, 2.05) is 32.0 Å². The van der Waals surface area contributed by atoms with Crippen LogP contribution < -0.4 is 4.90 Å². The molecule has 3 heteroatoms. The Bertz CT molecular complexity index is 381. The van der Waals surface area contributed by atoms with Gasteiger partial charge in [0.15, 0.2) is 0 Å². The predicted molar refractivity (Wildman–Crippen MR) is 74.4 cm³/mol. The molecule has 98 valence electrons. The van der Waals surface area contributed by atoms with Gasteiger partial charge in [-0.3, -0.25) is 0 Å². The fraction of sp³-hybridized carbons (Fsp3) is 0.533. The van der Waals surface area contributed by atoms with E-state index in [9.17, 15) is 0 Å². The third-order valence-corrected chi connectivity index (χ3v) is 3.02. The molecule has 0 radical (unpaired) electrons. The number of aliphatic hydroxyl groups excluding tert-OH is 1. The smallest absolute Gasteiger partial charge is 0.0684 e. The van der Waals surface area contributed by atoms with Gasteiger partial charge in [-0.1, -0.05) is 18.2 Å². The fourth-order valence-electron chi connectivity index (χ4n) is 1.74. The molecule has 0 spiro atoms. The zero-order valence-corrected chi connectivity index (χ0v) is 11.3. The normalized spacial score (nSPS) is 11.0. The van der Waals surface area contributed by atoms with Crippen LogP contribution in [-0.2, 0) is 0 Å². The molecule has 1 N–H and O–H groups in total. The number of aliphatic hydroxyl groups is 1. The van der Waals surface area contributed by atoms with E-state index < -0.39 is 0 Å². The summed E-state index contributed by atoms with van der Waals surface area (Å²) in [6, 6.07) is 12.5. The summed E-state index contributed by atoms with van der Waals surface area (Å²) in [7, 11) is 0. The van der Waals surface area contributed by atoms with E-state index in [1.54, 1.807) is 0 Å². The fourth-order valence-corrected chi connectivity index (χ4v) is 1.74. The number of hydrogen-bond acceptors (Lipinski definition) is 3. The van der Waals surface area contributed by atoms with Gasteiger partial charge in [-0.05, 0) is 38.8 Å². The van der Waals surface area contributed by atoms with Crippen molar-refractivity contribution in [2.24, 2.45) is 5.41 Å². The van der Waals surface area contributed by atoms with Gasteiger partial charge in [0.05, 0.1) is 11.5 Å². The summed E-state index contributed by atoms with van der Waals surface area (Å²) in [6.07, 6.45) is 1.58. The Hall–Kier alpha value is -1.53. The minimum absolute atomic E-state index is 0.199. The molecule has 0 aromatic heterocycles. The van der Waals surface area contributed by atoms with Crippen LogP contribution in [0, 0.1) is 16.7 Å². The molecule has 1 aromatic rings. The molecule has 0 aliphatic carbocycles. The average Bonchev–Trinajstić information content (AvgIpc) is 2.40. The van der Waals surface area contributed by atoms with Crippen LogP contribution in [0.1, 0.15) is 26.7 Å². The molecule has 1 rings (SSSR count). The lowest BCUT2D eigenvalue weighted by Gasteiger charge is -2.27. The Morgan fingerprint density at radius 1 is 1.22 bits per heavy atom. The third-order valence-electron chi connectivity index (χ3n) is 3.02. The SMILES string of the molecule is CC(C)(C#N)CCN(CCCO)c1ccccc1. The van der Waals surface area contributed by atoms with Gasteiger partial charge in [0.1, 0.15) is 0 Å². The molecule has 3 nitrogen and oxygen atoms in total. The number of para-hydroxylation sites is 1. The van der Waals surface area contributed by atoms with Gasteiger partial charge in [-0.2, -0.15) is 5.26 Å². The van der Waals surface area contributed by atoms with Gasteiger partial charge >= 0.3 is 0 Å². The van der Waals surface area contributed by atoms with E-state index in [4.69, 9.17) is 10.4 Å².